The van der Waals surface area contributed by atoms with Crippen molar-refractivity contribution < 1.29 is 18.7 Å². The van der Waals surface area contributed by atoms with Gasteiger partial charge in [-0.25, -0.2) is 0 Å². The summed E-state index contributed by atoms with van der Waals surface area (Å²) in [7, 11) is 0. The standard InChI is InChI=1S/C24H24N2O4S/c1-13-4-5-17-19(10-25)24(31-21(17)6-13)26-22(27)12-30-23(28)9-16-11-29-20-8-15(3)14(2)7-18(16)20/h7-8,11,13H,4-6,9,12H2,1-3H3,(H,26,27)/t13-/m1/s1. The highest BCUT2D eigenvalue weighted by molar-refractivity contribution is 7.16. The number of carbonyl (C=O) groups excluding carboxylic acids is 2. The summed E-state index contributed by atoms with van der Waals surface area (Å²) in [6.07, 6.45) is 4.42. The van der Waals surface area contributed by atoms with Crippen molar-refractivity contribution in [2.75, 3.05) is 11.9 Å². The van der Waals surface area contributed by atoms with Gasteiger partial charge in [0.2, 0.25) is 0 Å². The zero-order valence-corrected chi connectivity index (χ0v) is 18.6. The predicted molar refractivity (Wildman–Crippen MR) is 119 cm³/mol. The second kappa shape index (κ2) is 8.56. The van der Waals surface area contributed by atoms with E-state index < -0.39 is 18.5 Å². The summed E-state index contributed by atoms with van der Waals surface area (Å²) in [6.45, 7) is 5.81. The zero-order chi connectivity index (χ0) is 22.1. The van der Waals surface area contributed by atoms with Crippen molar-refractivity contribution in [1.29, 1.82) is 5.26 Å². The molecule has 0 saturated heterocycles. The summed E-state index contributed by atoms with van der Waals surface area (Å²) >= 11 is 1.45. The minimum absolute atomic E-state index is 0.0252. The highest BCUT2D eigenvalue weighted by Crippen LogP contribution is 2.39. The largest absolute Gasteiger partial charge is 0.464 e. The fourth-order valence-electron chi connectivity index (χ4n) is 3.95. The molecule has 0 radical (unpaired) electrons. The number of nitriles is 1. The lowest BCUT2D eigenvalue weighted by molar-refractivity contribution is -0.146. The Morgan fingerprint density at radius 3 is 2.87 bits per heavy atom. The number of anilines is 1. The number of nitrogens with one attached hydrogen (secondary N) is 1. The summed E-state index contributed by atoms with van der Waals surface area (Å²) in [5.41, 5.74) is 5.29. The van der Waals surface area contributed by atoms with E-state index in [1.807, 2.05) is 26.0 Å². The Hall–Kier alpha value is -3.11. The van der Waals surface area contributed by atoms with Crippen LogP contribution < -0.4 is 5.32 Å². The first-order valence-corrected chi connectivity index (χ1v) is 11.1. The molecule has 3 aromatic rings. The Morgan fingerprint density at radius 1 is 1.32 bits per heavy atom. The van der Waals surface area contributed by atoms with Gasteiger partial charge in [-0.05, 0) is 67.9 Å². The molecule has 1 atom stereocenters. The van der Waals surface area contributed by atoms with E-state index in [4.69, 9.17) is 9.15 Å². The lowest BCUT2D eigenvalue weighted by Crippen LogP contribution is -2.21. The molecule has 0 saturated carbocycles. The van der Waals surface area contributed by atoms with Gasteiger partial charge >= 0.3 is 5.97 Å². The topological polar surface area (TPSA) is 92.3 Å². The van der Waals surface area contributed by atoms with Crippen LogP contribution in [0.4, 0.5) is 5.00 Å². The van der Waals surface area contributed by atoms with Gasteiger partial charge in [0.25, 0.3) is 5.91 Å². The molecule has 0 aliphatic heterocycles. The zero-order valence-electron chi connectivity index (χ0n) is 17.8. The number of amides is 1. The number of esters is 1. The van der Waals surface area contributed by atoms with Gasteiger partial charge in [0, 0.05) is 15.8 Å². The molecule has 1 amide bonds. The second-order valence-corrected chi connectivity index (χ2v) is 9.35. The number of ether oxygens (including phenoxy) is 1. The van der Waals surface area contributed by atoms with Gasteiger partial charge in [-0.1, -0.05) is 6.92 Å². The van der Waals surface area contributed by atoms with E-state index in [0.29, 0.717) is 16.5 Å². The first kappa shape index (κ1) is 21.1. The van der Waals surface area contributed by atoms with E-state index in [-0.39, 0.29) is 6.42 Å². The summed E-state index contributed by atoms with van der Waals surface area (Å²) in [4.78, 5) is 25.8. The number of hydrogen-bond donors (Lipinski definition) is 1. The van der Waals surface area contributed by atoms with Crippen LogP contribution in [0.15, 0.2) is 22.8 Å². The number of furan rings is 1. The van der Waals surface area contributed by atoms with Crippen LogP contribution in [0, 0.1) is 31.1 Å². The SMILES string of the molecule is Cc1cc2occ(CC(=O)OCC(=O)Nc3sc4c(c3C#N)CC[C@@H](C)C4)c2cc1C. The van der Waals surface area contributed by atoms with Crippen LogP contribution in [0.25, 0.3) is 11.0 Å². The summed E-state index contributed by atoms with van der Waals surface area (Å²) in [5.74, 6) is -0.371. The number of rotatable bonds is 5. The van der Waals surface area contributed by atoms with E-state index in [9.17, 15) is 14.9 Å². The van der Waals surface area contributed by atoms with Crippen LogP contribution in [0.2, 0.25) is 0 Å². The molecule has 6 nitrogen and oxygen atoms in total. The van der Waals surface area contributed by atoms with Crippen molar-refractivity contribution in [3.05, 3.63) is 51.1 Å². The van der Waals surface area contributed by atoms with E-state index >= 15 is 0 Å². The minimum atomic E-state index is -0.504. The molecule has 0 spiro atoms. The molecule has 1 aromatic carbocycles. The van der Waals surface area contributed by atoms with Crippen LogP contribution in [-0.2, 0) is 33.6 Å². The number of fused-ring (bicyclic) bond motifs is 2. The Balaban J connectivity index is 1.37. The molecule has 2 heterocycles. The third-order valence-corrected chi connectivity index (χ3v) is 7.02. The average molecular weight is 437 g/mol. The normalized spacial score (nSPS) is 15.4. The van der Waals surface area contributed by atoms with Crippen LogP contribution in [0.5, 0.6) is 0 Å². The fourth-order valence-corrected chi connectivity index (χ4v) is 5.32. The number of thiophene rings is 1. The van der Waals surface area contributed by atoms with Crippen molar-refractivity contribution in [2.24, 2.45) is 5.92 Å². The van der Waals surface area contributed by atoms with Crippen molar-refractivity contribution >= 4 is 39.2 Å². The molecule has 1 aliphatic rings. The molecule has 2 aromatic heterocycles. The van der Waals surface area contributed by atoms with E-state index in [0.717, 1.165) is 52.5 Å². The van der Waals surface area contributed by atoms with Crippen molar-refractivity contribution in [2.45, 2.75) is 46.5 Å². The molecular weight excluding hydrogens is 412 g/mol. The first-order valence-electron chi connectivity index (χ1n) is 10.3. The van der Waals surface area contributed by atoms with E-state index in [1.54, 1.807) is 6.26 Å². The maximum Gasteiger partial charge on any atom is 0.310 e. The van der Waals surface area contributed by atoms with Crippen LogP contribution in [0.3, 0.4) is 0 Å². The number of benzene rings is 1. The third kappa shape index (κ3) is 4.35. The summed E-state index contributed by atoms with van der Waals surface area (Å²) in [5, 5.41) is 13.7. The van der Waals surface area contributed by atoms with Gasteiger partial charge in [-0.15, -0.1) is 11.3 Å². The number of aryl methyl sites for hydroxylation is 2. The lowest BCUT2D eigenvalue weighted by atomic mass is 9.89. The number of nitrogens with zero attached hydrogens (tertiary/aromatic N) is 1. The van der Waals surface area contributed by atoms with Gasteiger partial charge in [0.05, 0.1) is 18.2 Å². The molecule has 4 rings (SSSR count). The maximum absolute atomic E-state index is 12.3. The lowest BCUT2D eigenvalue weighted by Gasteiger charge is -2.17. The Kier molecular flexibility index (Phi) is 5.84. The van der Waals surface area contributed by atoms with Gasteiger partial charge in [-0.2, -0.15) is 5.26 Å². The van der Waals surface area contributed by atoms with Crippen molar-refractivity contribution in [1.82, 2.24) is 0 Å². The fraction of sp³-hybridized carbons (Fsp3) is 0.375. The van der Waals surface area contributed by atoms with Crippen LogP contribution in [-0.4, -0.2) is 18.5 Å². The summed E-state index contributed by atoms with van der Waals surface area (Å²) < 4.78 is 10.7. The highest BCUT2D eigenvalue weighted by Gasteiger charge is 2.25. The summed E-state index contributed by atoms with van der Waals surface area (Å²) in [6, 6.07) is 6.16. The van der Waals surface area contributed by atoms with E-state index in [1.165, 1.54) is 16.2 Å². The van der Waals surface area contributed by atoms with Gasteiger partial charge in [0.1, 0.15) is 16.7 Å². The average Bonchev–Trinajstić information content (AvgIpc) is 3.26. The molecular formula is C24H24N2O4S. The van der Waals surface area contributed by atoms with Crippen LogP contribution >= 0.6 is 11.3 Å². The smallest absolute Gasteiger partial charge is 0.310 e. The molecule has 1 aliphatic carbocycles. The molecule has 0 bridgehead atoms. The predicted octanol–water partition coefficient (Wildman–Crippen LogP) is 4.83. The molecule has 1 N–H and O–H groups in total. The molecule has 7 heteroatoms. The third-order valence-electron chi connectivity index (χ3n) is 5.85. The highest BCUT2D eigenvalue weighted by atomic mass is 32.1. The van der Waals surface area contributed by atoms with Gasteiger partial charge in [0.15, 0.2) is 6.61 Å². The minimum Gasteiger partial charge on any atom is -0.464 e. The molecule has 0 fully saturated rings. The van der Waals surface area contributed by atoms with Gasteiger partial charge in [-0.3, -0.25) is 9.59 Å². The Bertz CT molecular complexity index is 1210. The first-order chi connectivity index (χ1) is 14.9. The number of carbonyl (C=O) groups is 2. The Labute approximate surface area is 184 Å². The molecule has 160 valence electrons. The van der Waals surface area contributed by atoms with Crippen LogP contribution in [0.1, 0.15) is 46.0 Å². The second-order valence-electron chi connectivity index (χ2n) is 8.25. The number of hydrogen-bond acceptors (Lipinski definition) is 6. The monoisotopic (exact) mass is 436 g/mol. The molecule has 0 unspecified atom stereocenters. The van der Waals surface area contributed by atoms with Crippen molar-refractivity contribution in [3.8, 4) is 6.07 Å². The Morgan fingerprint density at radius 2 is 2.10 bits per heavy atom. The molecule has 31 heavy (non-hydrogen) atoms. The van der Waals surface area contributed by atoms with E-state index in [2.05, 4.69) is 18.3 Å². The van der Waals surface area contributed by atoms with Crippen molar-refractivity contribution in [3.63, 3.8) is 0 Å². The maximum atomic E-state index is 12.3. The van der Waals surface area contributed by atoms with Gasteiger partial charge < -0.3 is 14.5 Å². The quantitative estimate of drug-likeness (QED) is 0.578.